The molecule has 0 aliphatic heterocycles. The van der Waals surface area contributed by atoms with Gasteiger partial charge in [0.25, 0.3) is 0 Å². The molecule has 0 aromatic heterocycles. The highest BCUT2D eigenvalue weighted by atomic mass is 16.5. The number of rotatable bonds is 11. The van der Waals surface area contributed by atoms with E-state index in [0.29, 0.717) is 26.1 Å². The highest BCUT2D eigenvalue weighted by Crippen LogP contribution is 2.12. The molecule has 5 nitrogen and oxygen atoms in total. The van der Waals surface area contributed by atoms with Gasteiger partial charge in [0.2, 0.25) is 0 Å². The number of nitrogens with zero attached hydrogens (tertiary/aromatic N) is 1. The van der Waals surface area contributed by atoms with Gasteiger partial charge in [-0.1, -0.05) is 13.8 Å². The van der Waals surface area contributed by atoms with Crippen molar-refractivity contribution >= 4 is 7.05 Å². The van der Waals surface area contributed by atoms with E-state index in [2.05, 4.69) is 13.8 Å². The van der Waals surface area contributed by atoms with Crippen LogP contribution in [-0.4, -0.2) is 63.2 Å². The van der Waals surface area contributed by atoms with Crippen LogP contribution in [0.15, 0.2) is 0 Å². The van der Waals surface area contributed by atoms with Gasteiger partial charge < -0.3 is 19.2 Å². The molecule has 0 fully saturated rings. The Morgan fingerprint density at radius 1 is 1.06 bits per heavy atom. The third kappa shape index (κ3) is 7.33. The number of hydrogen-bond acceptors (Lipinski definition) is 5. The molecular formula is C12H28BNO4. The first kappa shape index (κ1) is 17.9. The lowest BCUT2D eigenvalue weighted by Crippen LogP contribution is -2.50. The van der Waals surface area contributed by atoms with Gasteiger partial charge in [-0.25, -0.2) is 0 Å². The van der Waals surface area contributed by atoms with Crippen LogP contribution in [0.3, 0.4) is 0 Å². The summed E-state index contributed by atoms with van der Waals surface area (Å²) in [5.74, 6) is 0. The summed E-state index contributed by atoms with van der Waals surface area (Å²) < 4.78 is 15.6. The standard InChI is InChI=1S/C12H28BNO4/c1-11(2)14(12(3)18-10-9-17-5)13(15)7-6-8-16-4/h11-12,15H,6-10H2,1-5H3. The Morgan fingerprint density at radius 3 is 2.17 bits per heavy atom. The van der Waals surface area contributed by atoms with E-state index >= 15 is 0 Å². The van der Waals surface area contributed by atoms with Gasteiger partial charge in [0, 0.05) is 20.8 Å². The van der Waals surface area contributed by atoms with E-state index in [4.69, 9.17) is 14.2 Å². The van der Waals surface area contributed by atoms with E-state index in [-0.39, 0.29) is 12.3 Å². The minimum Gasteiger partial charge on any atom is -0.437 e. The molecule has 0 aliphatic rings. The molecule has 0 saturated heterocycles. The van der Waals surface area contributed by atoms with Crippen molar-refractivity contribution in [2.24, 2.45) is 0 Å². The first-order chi connectivity index (χ1) is 8.54. The van der Waals surface area contributed by atoms with Gasteiger partial charge >= 0.3 is 7.05 Å². The Hall–Kier alpha value is -0.135. The molecule has 1 unspecified atom stereocenters. The molecule has 6 heteroatoms. The Morgan fingerprint density at radius 2 is 1.67 bits per heavy atom. The Labute approximate surface area is 112 Å². The monoisotopic (exact) mass is 261 g/mol. The van der Waals surface area contributed by atoms with Crippen molar-refractivity contribution in [1.82, 2.24) is 4.81 Å². The van der Waals surface area contributed by atoms with Crippen molar-refractivity contribution < 1.29 is 19.2 Å². The maximum absolute atomic E-state index is 10.2. The topological polar surface area (TPSA) is 51.2 Å². The molecule has 0 rings (SSSR count). The molecule has 0 spiro atoms. The van der Waals surface area contributed by atoms with Gasteiger partial charge in [-0.2, -0.15) is 0 Å². The summed E-state index contributed by atoms with van der Waals surface area (Å²) in [5.41, 5.74) is 0. The molecule has 18 heavy (non-hydrogen) atoms. The average molecular weight is 261 g/mol. The molecule has 0 amide bonds. The van der Waals surface area contributed by atoms with Crippen molar-refractivity contribution in [2.75, 3.05) is 34.0 Å². The second-order valence-electron chi connectivity index (χ2n) is 4.62. The Bertz CT molecular complexity index is 179. The predicted molar refractivity (Wildman–Crippen MR) is 73.5 cm³/mol. The van der Waals surface area contributed by atoms with E-state index in [1.54, 1.807) is 14.2 Å². The highest BCUT2D eigenvalue weighted by Gasteiger charge is 2.28. The minimum absolute atomic E-state index is 0.127. The van der Waals surface area contributed by atoms with Crippen molar-refractivity contribution in [3.05, 3.63) is 0 Å². The molecular weight excluding hydrogens is 233 g/mol. The summed E-state index contributed by atoms with van der Waals surface area (Å²) >= 11 is 0. The van der Waals surface area contributed by atoms with E-state index < -0.39 is 7.05 Å². The molecule has 0 saturated carbocycles. The fourth-order valence-corrected chi connectivity index (χ4v) is 1.95. The zero-order chi connectivity index (χ0) is 14.0. The van der Waals surface area contributed by atoms with Crippen LogP contribution in [0.25, 0.3) is 0 Å². The lowest BCUT2D eigenvalue weighted by molar-refractivity contribution is -0.0445. The molecule has 108 valence electrons. The molecule has 0 bridgehead atoms. The van der Waals surface area contributed by atoms with E-state index in [9.17, 15) is 5.02 Å². The average Bonchev–Trinajstić information content (AvgIpc) is 2.29. The normalized spacial score (nSPS) is 13.3. The zero-order valence-electron chi connectivity index (χ0n) is 12.4. The van der Waals surface area contributed by atoms with Gasteiger partial charge in [0.15, 0.2) is 0 Å². The third-order valence-electron chi connectivity index (χ3n) is 2.82. The maximum atomic E-state index is 10.2. The van der Waals surface area contributed by atoms with Gasteiger partial charge in [-0.3, -0.25) is 4.81 Å². The van der Waals surface area contributed by atoms with E-state index in [1.807, 2.05) is 11.7 Å². The molecule has 1 atom stereocenters. The lowest BCUT2D eigenvalue weighted by Gasteiger charge is -2.34. The molecule has 0 radical (unpaired) electrons. The van der Waals surface area contributed by atoms with Crippen LogP contribution in [0.4, 0.5) is 0 Å². The molecule has 0 heterocycles. The molecule has 1 N–H and O–H groups in total. The van der Waals surface area contributed by atoms with Gasteiger partial charge in [-0.05, 0) is 25.7 Å². The quantitative estimate of drug-likeness (QED) is 0.344. The van der Waals surface area contributed by atoms with Crippen LogP contribution in [0.5, 0.6) is 0 Å². The van der Waals surface area contributed by atoms with Crippen molar-refractivity contribution in [3.8, 4) is 0 Å². The van der Waals surface area contributed by atoms with Crippen molar-refractivity contribution in [1.29, 1.82) is 0 Å². The van der Waals surface area contributed by atoms with Crippen LogP contribution in [0, 0.1) is 0 Å². The summed E-state index contributed by atoms with van der Waals surface area (Å²) in [6.07, 6.45) is 1.40. The summed E-state index contributed by atoms with van der Waals surface area (Å²) in [6.45, 7) is 7.82. The largest absolute Gasteiger partial charge is 0.437 e. The fourth-order valence-electron chi connectivity index (χ4n) is 1.95. The lowest BCUT2D eigenvalue weighted by atomic mass is 9.73. The third-order valence-corrected chi connectivity index (χ3v) is 2.82. The van der Waals surface area contributed by atoms with Gasteiger partial charge in [-0.15, -0.1) is 0 Å². The second-order valence-corrected chi connectivity index (χ2v) is 4.62. The SMILES string of the molecule is COCCCB(O)N(C(C)C)C(C)OCCOC. The van der Waals surface area contributed by atoms with Crippen LogP contribution in [-0.2, 0) is 14.2 Å². The van der Waals surface area contributed by atoms with Gasteiger partial charge in [0.1, 0.15) is 0 Å². The van der Waals surface area contributed by atoms with E-state index in [0.717, 1.165) is 6.42 Å². The predicted octanol–water partition coefficient (Wildman–Crippen LogP) is 1.22. The first-order valence-electron chi connectivity index (χ1n) is 6.59. The maximum Gasteiger partial charge on any atom is 0.382 e. The molecule has 0 aliphatic carbocycles. The summed E-state index contributed by atoms with van der Waals surface area (Å²) in [5, 5.41) is 10.2. The Kier molecular flexibility index (Phi) is 10.7. The number of hydrogen-bond donors (Lipinski definition) is 1. The fraction of sp³-hybridized carbons (Fsp3) is 1.00. The van der Waals surface area contributed by atoms with Crippen molar-refractivity contribution in [3.63, 3.8) is 0 Å². The smallest absolute Gasteiger partial charge is 0.382 e. The molecule has 0 aromatic rings. The second kappa shape index (κ2) is 10.8. The minimum atomic E-state index is -0.502. The number of methoxy groups -OCH3 is 2. The van der Waals surface area contributed by atoms with Crippen LogP contribution >= 0.6 is 0 Å². The zero-order valence-corrected chi connectivity index (χ0v) is 12.4. The molecule has 0 aromatic carbocycles. The summed E-state index contributed by atoms with van der Waals surface area (Å²) in [4.78, 5) is 1.96. The number of ether oxygens (including phenoxy) is 3. The van der Waals surface area contributed by atoms with Crippen LogP contribution in [0.1, 0.15) is 27.2 Å². The van der Waals surface area contributed by atoms with Crippen LogP contribution in [0.2, 0.25) is 6.32 Å². The van der Waals surface area contributed by atoms with Crippen LogP contribution < -0.4 is 0 Å². The first-order valence-corrected chi connectivity index (χ1v) is 6.59. The van der Waals surface area contributed by atoms with Gasteiger partial charge in [0.05, 0.1) is 19.4 Å². The Balaban J connectivity index is 4.17. The highest BCUT2D eigenvalue weighted by molar-refractivity contribution is 6.47. The summed E-state index contributed by atoms with van der Waals surface area (Å²) in [7, 11) is 2.81. The van der Waals surface area contributed by atoms with Crippen molar-refractivity contribution in [2.45, 2.75) is 45.8 Å². The van der Waals surface area contributed by atoms with E-state index in [1.165, 1.54) is 0 Å². The summed E-state index contributed by atoms with van der Waals surface area (Å²) in [6, 6.07) is 0.222.